The first-order valence-electron chi connectivity index (χ1n) is 9.61. The van der Waals surface area contributed by atoms with Gasteiger partial charge in [0.05, 0.1) is 25.0 Å². The molecule has 0 bridgehead atoms. The number of hydrogen-bond donors (Lipinski definition) is 0. The standard InChI is InChI=1S/C24H21FN2O/c1-28-22-8-4-7-20-19(22)13-14-21-23(20)26-27(24(21)17-5-2-3-6-17)15-16-9-11-18(25)12-10-16/h2-5,7-12H,6,13-15H2,1H3. The molecule has 2 aliphatic carbocycles. The van der Waals surface area contributed by atoms with Gasteiger partial charge in [0.1, 0.15) is 11.6 Å². The van der Waals surface area contributed by atoms with Crippen LogP contribution in [0.1, 0.15) is 28.8 Å². The number of fused-ring (bicyclic) bond motifs is 3. The second kappa shape index (κ2) is 6.79. The smallest absolute Gasteiger partial charge is 0.123 e. The van der Waals surface area contributed by atoms with Crippen LogP contribution in [-0.2, 0) is 19.4 Å². The molecule has 3 nitrogen and oxygen atoms in total. The van der Waals surface area contributed by atoms with Gasteiger partial charge < -0.3 is 4.74 Å². The third kappa shape index (κ3) is 2.76. The average Bonchev–Trinajstić information content (AvgIpc) is 3.36. The Morgan fingerprint density at radius 1 is 1.07 bits per heavy atom. The van der Waals surface area contributed by atoms with Crippen molar-refractivity contribution in [2.75, 3.05) is 7.11 Å². The van der Waals surface area contributed by atoms with Gasteiger partial charge in [0.2, 0.25) is 0 Å². The number of benzene rings is 2. The van der Waals surface area contributed by atoms with Crippen LogP contribution in [0.4, 0.5) is 4.39 Å². The highest BCUT2D eigenvalue weighted by Crippen LogP contribution is 2.41. The molecule has 0 N–H and O–H groups in total. The van der Waals surface area contributed by atoms with Crippen LogP contribution in [0.5, 0.6) is 5.75 Å². The quantitative estimate of drug-likeness (QED) is 0.630. The van der Waals surface area contributed by atoms with Crippen LogP contribution < -0.4 is 4.74 Å². The molecular weight excluding hydrogens is 351 g/mol. The van der Waals surface area contributed by atoms with Crippen molar-refractivity contribution in [1.82, 2.24) is 9.78 Å². The largest absolute Gasteiger partial charge is 0.496 e. The molecule has 2 aliphatic rings. The first-order chi connectivity index (χ1) is 13.7. The maximum Gasteiger partial charge on any atom is 0.123 e. The van der Waals surface area contributed by atoms with Crippen molar-refractivity contribution >= 4 is 5.57 Å². The van der Waals surface area contributed by atoms with E-state index >= 15 is 0 Å². The summed E-state index contributed by atoms with van der Waals surface area (Å²) in [4.78, 5) is 0. The molecule has 0 unspecified atom stereocenters. The fourth-order valence-electron chi connectivity index (χ4n) is 4.30. The van der Waals surface area contributed by atoms with E-state index in [4.69, 9.17) is 9.84 Å². The zero-order valence-corrected chi connectivity index (χ0v) is 15.8. The molecule has 4 heteroatoms. The fraction of sp³-hybridized carbons (Fsp3) is 0.208. The zero-order chi connectivity index (χ0) is 19.1. The third-order valence-corrected chi connectivity index (χ3v) is 5.60. The van der Waals surface area contributed by atoms with E-state index in [-0.39, 0.29) is 5.82 Å². The van der Waals surface area contributed by atoms with Gasteiger partial charge in [0.25, 0.3) is 0 Å². The molecule has 0 radical (unpaired) electrons. The van der Waals surface area contributed by atoms with Crippen molar-refractivity contribution < 1.29 is 9.13 Å². The van der Waals surface area contributed by atoms with E-state index in [0.717, 1.165) is 41.8 Å². The fourth-order valence-corrected chi connectivity index (χ4v) is 4.30. The predicted molar refractivity (Wildman–Crippen MR) is 109 cm³/mol. The van der Waals surface area contributed by atoms with Gasteiger partial charge in [-0.1, -0.05) is 42.5 Å². The summed E-state index contributed by atoms with van der Waals surface area (Å²) < 4.78 is 21.0. The number of methoxy groups -OCH3 is 1. The molecule has 28 heavy (non-hydrogen) atoms. The molecule has 0 aliphatic heterocycles. The molecule has 0 spiro atoms. The lowest BCUT2D eigenvalue weighted by atomic mass is 9.87. The molecule has 1 aromatic heterocycles. The van der Waals surface area contributed by atoms with Gasteiger partial charge in [-0.3, -0.25) is 4.68 Å². The van der Waals surface area contributed by atoms with Crippen LogP contribution in [0.25, 0.3) is 16.8 Å². The summed E-state index contributed by atoms with van der Waals surface area (Å²) in [5, 5.41) is 5.03. The van der Waals surface area contributed by atoms with Crippen molar-refractivity contribution in [3.05, 3.63) is 88.9 Å². The molecular formula is C24H21FN2O. The maximum absolute atomic E-state index is 13.3. The van der Waals surface area contributed by atoms with E-state index in [0.29, 0.717) is 6.54 Å². The Morgan fingerprint density at radius 3 is 2.64 bits per heavy atom. The van der Waals surface area contributed by atoms with E-state index in [1.807, 2.05) is 24.3 Å². The minimum absolute atomic E-state index is 0.215. The molecule has 0 amide bonds. The molecule has 5 rings (SSSR count). The topological polar surface area (TPSA) is 27.1 Å². The van der Waals surface area contributed by atoms with E-state index in [2.05, 4.69) is 29.0 Å². The van der Waals surface area contributed by atoms with Crippen LogP contribution in [0.2, 0.25) is 0 Å². The number of aromatic nitrogens is 2. The van der Waals surface area contributed by atoms with Crippen molar-refractivity contribution in [2.45, 2.75) is 25.8 Å². The first kappa shape index (κ1) is 17.0. The highest BCUT2D eigenvalue weighted by Gasteiger charge is 2.28. The van der Waals surface area contributed by atoms with E-state index < -0.39 is 0 Å². The van der Waals surface area contributed by atoms with E-state index in [1.165, 1.54) is 34.5 Å². The molecule has 3 aromatic rings. The van der Waals surface area contributed by atoms with Crippen LogP contribution in [0.3, 0.4) is 0 Å². The van der Waals surface area contributed by atoms with Gasteiger partial charge >= 0.3 is 0 Å². The lowest BCUT2D eigenvalue weighted by Gasteiger charge is -2.19. The van der Waals surface area contributed by atoms with E-state index in [1.54, 1.807) is 7.11 Å². The highest BCUT2D eigenvalue weighted by atomic mass is 19.1. The third-order valence-electron chi connectivity index (χ3n) is 5.60. The van der Waals surface area contributed by atoms with Gasteiger partial charge in [-0.2, -0.15) is 5.10 Å². The average molecular weight is 372 g/mol. The lowest BCUT2D eigenvalue weighted by molar-refractivity contribution is 0.409. The Balaban J connectivity index is 1.65. The summed E-state index contributed by atoms with van der Waals surface area (Å²) >= 11 is 0. The minimum Gasteiger partial charge on any atom is -0.496 e. The predicted octanol–water partition coefficient (Wildman–Crippen LogP) is 5.19. The second-order valence-electron chi connectivity index (χ2n) is 7.27. The second-order valence-corrected chi connectivity index (χ2v) is 7.27. The Labute approximate surface area is 163 Å². The molecule has 0 fully saturated rings. The molecule has 1 heterocycles. The number of rotatable bonds is 4. The van der Waals surface area contributed by atoms with Crippen molar-refractivity contribution in [3.63, 3.8) is 0 Å². The number of halogens is 1. The van der Waals surface area contributed by atoms with Gasteiger partial charge in [-0.15, -0.1) is 0 Å². The normalized spacial score (nSPS) is 14.6. The van der Waals surface area contributed by atoms with Gasteiger partial charge in [-0.25, -0.2) is 4.39 Å². The van der Waals surface area contributed by atoms with E-state index in [9.17, 15) is 4.39 Å². The highest BCUT2D eigenvalue weighted by molar-refractivity contribution is 5.80. The van der Waals surface area contributed by atoms with Crippen LogP contribution in [0.15, 0.2) is 60.7 Å². The Kier molecular flexibility index (Phi) is 4.12. The Morgan fingerprint density at radius 2 is 1.89 bits per heavy atom. The SMILES string of the molecule is COc1cccc2c1CCc1c-2nn(Cc2ccc(F)cc2)c1C1=CC=CC1. The van der Waals surface area contributed by atoms with Crippen molar-refractivity contribution in [3.8, 4) is 17.0 Å². The zero-order valence-electron chi connectivity index (χ0n) is 15.8. The monoisotopic (exact) mass is 372 g/mol. The van der Waals surface area contributed by atoms with Gasteiger partial charge in [0, 0.05) is 16.7 Å². The van der Waals surface area contributed by atoms with Crippen molar-refractivity contribution in [2.24, 2.45) is 0 Å². The summed E-state index contributed by atoms with van der Waals surface area (Å²) in [7, 11) is 1.72. The Bertz CT molecular complexity index is 1110. The van der Waals surface area contributed by atoms with Crippen LogP contribution in [0, 0.1) is 5.82 Å². The summed E-state index contributed by atoms with van der Waals surface area (Å²) in [5.41, 5.74) is 8.28. The molecule has 0 saturated heterocycles. The van der Waals surface area contributed by atoms with Crippen molar-refractivity contribution in [1.29, 1.82) is 0 Å². The summed E-state index contributed by atoms with van der Waals surface area (Å²) in [6.45, 7) is 0.624. The summed E-state index contributed by atoms with van der Waals surface area (Å²) in [6.07, 6.45) is 9.28. The van der Waals surface area contributed by atoms with Crippen LogP contribution in [-0.4, -0.2) is 16.9 Å². The minimum atomic E-state index is -0.215. The Hall–Kier alpha value is -3.14. The maximum atomic E-state index is 13.3. The lowest BCUT2D eigenvalue weighted by Crippen LogP contribution is -2.08. The molecule has 0 atom stereocenters. The van der Waals surface area contributed by atoms with Gasteiger partial charge in [0.15, 0.2) is 0 Å². The van der Waals surface area contributed by atoms with Gasteiger partial charge in [-0.05, 0) is 48.6 Å². The van der Waals surface area contributed by atoms with Crippen LogP contribution >= 0.6 is 0 Å². The molecule has 0 saturated carbocycles. The molecule has 140 valence electrons. The first-order valence-corrected chi connectivity index (χ1v) is 9.61. The number of nitrogens with zero attached hydrogens (tertiary/aromatic N) is 2. The summed E-state index contributed by atoms with van der Waals surface area (Å²) in [6, 6.07) is 12.9. The summed E-state index contributed by atoms with van der Waals surface area (Å²) in [5.74, 6) is 0.715. The number of hydrogen-bond acceptors (Lipinski definition) is 2. The number of ether oxygens (including phenoxy) is 1. The molecule has 2 aromatic carbocycles. The number of allylic oxidation sites excluding steroid dienone is 4.